The zero-order valence-electron chi connectivity index (χ0n) is 11.5. The molecule has 0 radical (unpaired) electrons. The maximum Gasteiger partial charge on any atom is 0.238 e. The number of sulfonamides is 1. The van der Waals surface area contributed by atoms with Gasteiger partial charge in [0, 0.05) is 5.56 Å². The van der Waals surface area contributed by atoms with Crippen molar-refractivity contribution in [2.24, 2.45) is 5.14 Å². The summed E-state index contributed by atoms with van der Waals surface area (Å²) in [5.41, 5.74) is 1.52. The van der Waals surface area contributed by atoms with Crippen molar-refractivity contribution < 1.29 is 13.2 Å². The molecule has 2 aromatic carbocycles. The second-order valence-corrected chi connectivity index (χ2v) is 5.85. The second-order valence-electron chi connectivity index (χ2n) is 4.28. The monoisotopic (exact) mass is 301 g/mol. The largest absolute Gasteiger partial charge is 0.480 e. The first-order valence-electron chi connectivity index (χ1n) is 6.27. The number of primary sulfonamides is 1. The topological polar surface area (TPSA) is 69.4 Å². The van der Waals surface area contributed by atoms with Gasteiger partial charge in [0.2, 0.25) is 10.0 Å². The van der Waals surface area contributed by atoms with Crippen molar-refractivity contribution in [3.8, 4) is 28.7 Å². The molecule has 4 nitrogen and oxygen atoms in total. The summed E-state index contributed by atoms with van der Waals surface area (Å²) in [4.78, 5) is 0.0512. The van der Waals surface area contributed by atoms with Crippen molar-refractivity contribution in [1.29, 1.82) is 0 Å². The van der Waals surface area contributed by atoms with Crippen LogP contribution in [0.3, 0.4) is 0 Å². The molecule has 0 spiro atoms. The summed E-state index contributed by atoms with van der Waals surface area (Å²) in [6.07, 6.45) is 0. The fraction of sp³-hybridized carbons (Fsp3) is 0.125. The van der Waals surface area contributed by atoms with Gasteiger partial charge in [0.05, 0.1) is 4.90 Å². The molecule has 2 aromatic rings. The highest BCUT2D eigenvalue weighted by atomic mass is 32.2. The average molecular weight is 301 g/mol. The SMILES string of the molecule is CC#CCOc1ccc(S(N)(=O)=O)cc1-c1ccccc1. The third-order valence-corrected chi connectivity index (χ3v) is 3.75. The van der Waals surface area contributed by atoms with Crippen LogP contribution in [0, 0.1) is 11.8 Å². The molecule has 0 aliphatic heterocycles. The van der Waals surface area contributed by atoms with Crippen LogP contribution >= 0.6 is 0 Å². The molecule has 0 amide bonds. The van der Waals surface area contributed by atoms with Gasteiger partial charge in [-0.3, -0.25) is 0 Å². The molecule has 21 heavy (non-hydrogen) atoms. The van der Waals surface area contributed by atoms with Gasteiger partial charge in [0.1, 0.15) is 12.4 Å². The number of rotatable bonds is 4. The third kappa shape index (κ3) is 3.85. The molecule has 0 unspecified atom stereocenters. The van der Waals surface area contributed by atoms with E-state index in [9.17, 15) is 8.42 Å². The number of nitrogens with two attached hydrogens (primary N) is 1. The summed E-state index contributed by atoms with van der Waals surface area (Å²) in [7, 11) is -3.76. The fourth-order valence-corrected chi connectivity index (χ4v) is 2.38. The van der Waals surface area contributed by atoms with Gasteiger partial charge in [-0.15, -0.1) is 5.92 Å². The van der Waals surface area contributed by atoms with Crippen LogP contribution in [0.1, 0.15) is 6.92 Å². The van der Waals surface area contributed by atoms with E-state index < -0.39 is 10.0 Å². The van der Waals surface area contributed by atoms with Crippen LogP contribution < -0.4 is 9.88 Å². The third-order valence-electron chi connectivity index (χ3n) is 2.84. The van der Waals surface area contributed by atoms with Crippen LogP contribution in [-0.2, 0) is 10.0 Å². The molecule has 2 rings (SSSR count). The number of hydrogen-bond donors (Lipinski definition) is 1. The van der Waals surface area contributed by atoms with E-state index in [0.717, 1.165) is 5.56 Å². The van der Waals surface area contributed by atoms with Crippen molar-refractivity contribution in [2.45, 2.75) is 11.8 Å². The number of hydrogen-bond acceptors (Lipinski definition) is 3. The highest BCUT2D eigenvalue weighted by Gasteiger charge is 2.13. The van der Waals surface area contributed by atoms with E-state index in [1.807, 2.05) is 30.3 Å². The predicted molar refractivity (Wildman–Crippen MR) is 82.2 cm³/mol. The minimum absolute atomic E-state index is 0.0512. The highest BCUT2D eigenvalue weighted by molar-refractivity contribution is 7.89. The van der Waals surface area contributed by atoms with Crippen LogP contribution in [-0.4, -0.2) is 15.0 Å². The molecule has 0 saturated heterocycles. The Balaban J connectivity index is 2.52. The standard InChI is InChI=1S/C16H15NO3S/c1-2-3-11-20-16-10-9-14(21(17,18)19)12-15(16)13-7-5-4-6-8-13/h4-10,12H,11H2,1H3,(H2,17,18,19). The van der Waals surface area contributed by atoms with Crippen LogP contribution in [0.15, 0.2) is 53.4 Å². The fourth-order valence-electron chi connectivity index (χ4n) is 1.84. The quantitative estimate of drug-likeness (QED) is 0.882. The lowest BCUT2D eigenvalue weighted by Crippen LogP contribution is -2.12. The molecule has 2 N–H and O–H groups in total. The van der Waals surface area contributed by atoms with Crippen molar-refractivity contribution in [2.75, 3.05) is 6.61 Å². The number of ether oxygens (including phenoxy) is 1. The minimum atomic E-state index is -3.76. The molecule has 108 valence electrons. The van der Waals surface area contributed by atoms with Gasteiger partial charge >= 0.3 is 0 Å². The molecule has 0 atom stereocenters. The Hall–Kier alpha value is -2.29. The van der Waals surface area contributed by atoms with Crippen LogP contribution in [0.4, 0.5) is 0 Å². The van der Waals surface area contributed by atoms with Crippen LogP contribution in [0.25, 0.3) is 11.1 Å². The molecule has 0 heterocycles. The summed E-state index contributed by atoms with van der Waals surface area (Å²) in [5.74, 6) is 6.11. The maximum atomic E-state index is 11.5. The zero-order chi connectivity index (χ0) is 15.3. The van der Waals surface area contributed by atoms with Crippen molar-refractivity contribution in [3.63, 3.8) is 0 Å². The zero-order valence-corrected chi connectivity index (χ0v) is 12.4. The summed E-state index contributed by atoms with van der Waals surface area (Å²) in [6.45, 7) is 1.97. The van der Waals surface area contributed by atoms with Gasteiger partial charge in [-0.05, 0) is 30.7 Å². The van der Waals surface area contributed by atoms with Crippen molar-refractivity contribution in [3.05, 3.63) is 48.5 Å². The highest BCUT2D eigenvalue weighted by Crippen LogP contribution is 2.32. The smallest absolute Gasteiger partial charge is 0.238 e. The molecule has 5 heteroatoms. The Morgan fingerprint density at radius 3 is 2.48 bits per heavy atom. The molecule has 0 bridgehead atoms. The van der Waals surface area contributed by atoms with Gasteiger partial charge in [-0.2, -0.15) is 0 Å². The maximum absolute atomic E-state index is 11.5. The summed E-state index contributed by atoms with van der Waals surface area (Å²) in [5, 5.41) is 5.18. The molecule has 0 saturated carbocycles. The summed E-state index contributed by atoms with van der Waals surface area (Å²) >= 11 is 0. The lowest BCUT2D eigenvalue weighted by molar-refractivity contribution is 0.371. The Morgan fingerprint density at radius 2 is 1.86 bits per heavy atom. The van der Waals surface area contributed by atoms with Crippen molar-refractivity contribution >= 4 is 10.0 Å². The van der Waals surface area contributed by atoms with Crippen LogP contribution in [0.5, 0.6) is 5.75 Å². The Morgan fingerprint density at radius 1 is 1.14 bits per heavy atom. The van der Waals surface area contributed by atoms with E-state index in [-0.39, 0.29) is 11.5 Å². The van der Waals surface area contributed by atoms with Gasteiger partial charge < -0.3 is 4.74 Å². The molecular weight excluding hydrogens is 286 g/mol. The van der Waals surface area contributed by atoms with E-state index in [1.165, 1.54) is 12.1 Å². The second kappa shape index (κ2) is 6.44. The first-order valence-corrected chi connectivity index (χ1v) is 7.81. The predicted octanol–water partition coefficient (Wildman–Crippen LogP) is 2.40. The van der Waals surface area contributed by atoms with E-state index in [0.29, 0.717) is 11.3 Å². The van der Waals surface area contributed by atoms with Crippen LogP contribution in [0.2, 0.25) is 0 Å². The lowest BCUT2D eigenvalue weighted by Gasteiger charge is -2.11. The summed E-state index contributed by atoms with van der Waals surface area (Å²) in [6, 6.07) is 13.9. The molecule has 0 aromatic heterocycles. The van der Waals surface area contributed by atoms with E-state index >= 15 is 0 Å². The lowest BCUT2D eigenvalue weighted by atomic mass is 10.0. The average Bonchev–Trinajstić information content (AvgIpc) is 2.47. The first-order chi connectivity index (χ1) is 10.0. The Labute approximate surface area is 124 Å². The van der Waals surface area contributed by atoms with E-state index in [2.05, 4.69) is 11.8 Å². The number of benzene rings is 2. The molecular formula is C16H15NO3S. The normalized spacial score (nSPS) is 10.6. The minimum Gasteiger partial charge on any atom is -0.480 e. The molecule has 0 fully saturated rings. The van der Waals surface area contributed by atoms with Gasteiger partial charge in [0.25, 0.3) is 0 Å². The Bertz CT molecular complexity index is 787. The van der Waals surface area contributed by atoms with Gasteiger partial charge in [0.15, 0.2) is 0 Å². The van der Waals surface area contributed by atoms with Gasteiger partial charge in [-0.1, -0.05) is 36.3 Å². The molecule has 0 aliphatic carbocycles. The van der Waals surface area contributed by atoms with Crippen molar-refractivity contribution in [1.82, 2.24) is 0 Å². The van der Waals surface area contributed by atoms with E-state index in [4.69, 9.17) is 9.88 Å². The van der Waals surface area contributed by atoms with E-state index in [1.54, 1.807) is 13.0 Å². The summed E-state index contributed by atoms with van der Waals surface area (Å²) < 4.78 is 28.6. The molecule has 0 aliphatic rings. The first kappa shape index (κ1) is 15.1. The Kier molecular flexibility index (Phi) is 4.63. The van der Waals surface area contributed by atoms with Gasteiger partial charge in [-0.25, -0.2) is 13.6 Å².